The topological polar surface area (TPSA) is 40.5 Å². The highest BCUT2D eigenvalue weighted by molar-refractivity contribution is 5.79. The third kappa shape index (κ3) is 3.81. The minimum absolute atomic E-state index is 0.221. The van der Waals surface area contributed by atoms with Gasteiger partial charge >= 0.3 is 0 Å². The number of hydrogen-bond acceptors (Lipinski definition) is 3. The van der Waals surface area contributed by atoms with Gasteiger partial charge in [-0.05, 0) is 123 Å². The summed E-state index contributed by atoms with van der Waals surface area (Å²) >= 11 is 0. The molecule has 3 nitrogen and oxygen atoms in total. The number of ketones is 1. The van der Waals surface area contributed by atoms with Crippen molar-refractivity contribution in [1.82, 2.24) is 0 Å². The van der Waals surface area contributed by atoms with Gasteiger partial charge in [0.2, 0.25) is 0 Å². The van der Waals surface area contributed by atoms with Crippen molar-refractivity contribution in [3.8, 4) is 11.8 Å². The van der Waals surface area contributed by atoms with Gasteiger partial charge in [0.15, 0.2) is 0 Å². The van der Waals surface area contributed by atoms with Crippen LogP contribution in [0.3, 0.4) is 0 Å². The standard InChI is InChI=1S/C31H43NO2/c1-21(33)26-12-13-27-25-11-8-23-20-31(34,17-14-22-6-9-24(10-7-22)32(4)5)19-18-29(23,2)28(25)15-16-30(26,27)3/h6-7,9-10,23,25-28,34H,8,11-13,15-16,18-20H2,1-5H3/t23?,25-,26+,27-,28-,29-,30+,31?/m0/s1. The molecule has 5 rings (SSSR count). The van der Waals surface area contributed by atoms with E-state index in [1.165, 1.54) is 32.1 Å². The molecule has 0 heterocycles. The lowest BCUT2D eigenvalue weighted by atomic mass is 9.44. The average molecular weight is 462 g/mol. The molecular formula is C31H43NO2. The Morgan fingerprint density at radius 3 is 2.32 bits per heavy atom. The summed E-state index contributed by atoms with van der Waals surface area (Å²) in [4.78, 5) is 14.5. The van der Waals surface area contributed by atoms with Gasteiger partial charge in [-0.2, -0.15) is 0 Å². The second-order valence-electron chi connectivity index (χ2n) is 12.9. The lowest BCUT2D eigenvalue weighted by molar-refractivity contribution is -0.144. The maximum Gasteiger partial charge on any atom is 0.133 e. The van der Waals surface area contributed by atoms with Crippen molar-refractivity contribution < 1.29 is 9.90 Å². The summed E-state index contributed by atoms with van der Waals surface area (Å²) in [7, 11) is 4.08. The number of carbonyl (C=O) groups excluding carboxylic acids is 1. The summed E-state index contributed by atoms with van der Waals surface area (Å²) in [5, 5.41) is 11.5. The van der Waals surface area contributed by atoms with Gasteiger partial charge in [-0.3, -0.25) is 4.79 Å². The third-order valence-corrected chi connectivity index (χ3v) is 11.0. The van der Waals surface area contributed by atoms with Gasteiger partial charge in [0.05, 0.1) is 0 Å². The lowest BCUT2D eigenvalue weighted by Gasteiger charge is -2.61. The monoisotopic (exact) mass is 461 g/mol. The molecule has 4 saturated carbocycles. The van der Waals surface area contributed by atoms with Crippen LogP contribution in [0.2, 0.25) is 0 Å². The normalized spacial score (nSPS) is 43.1. The van der Waals surface area contributed by atoms with E-state index in [1.807, 2.05) is 21.0 Å². The molecule has 0 amide bonds. The summed E-state index contributed by atoms with van der Waals surface area (Å²) in [6, 6.07) is 8.28. The first-order valence-electron chi connectivity index (χ1n) is 13.6. The predicted molar refractivity (Wildman–Crippen MR) is 138 cm³/mol. The first kappa shape index (κ1) is 23.9. The molecule has 0 aromatic heterocycles. The van der Waals surface area contributed by atoms with E-state index in [9.17, 15) is 9.90 Å². The predicted octanol–water partition coefficient (Wildman–Crippen LogP) is 6.08. The first-order chi connectivity index (χ1) is 16.1. The molecule has 4 fully saturated rings. The molecule has 4 aliphatic carbocycles. The molecule has 4 aliphatic rings. The van der Waals surface area contributed by atoms with E-state index in [0.29, 0.717) is 23.0 Å². The van der Waals surface area contributed by atoms with Crippen LogP contribution in [0.1, 0.15) is 84.1 Å². The fraction of sp³-hybridized carbons (Fsp3) is 0.710. The van der Waals surface area contributed by atoms with Crippen molar-refractivity contribution in [3.05, 3.63) is 29.8 Å². The van der Waals surface area contributed by atoms with Crippen LogP contribution in [0, 0.1) is 52.3 Å². The average Bonchev–Trinajstić information content (AvgIpc) is 3.16. The van der Waals surface area contributed by atoms with Crippen LogP contribution < -0.4 is 4.90 Å². The van der Waals surface area contributed by atoms with Gasteiger partial charge in [-0.25, -0.2) is 0 Å². The van der Waals surface area contributed by atoms with Crippen LogP contribution in [0.4, 0.5) is 5.69 Å². The number of nitrogens with zero attached hydrogens (tertiary/aromatic N) is 1. The Balaban J connectivity index is 1.31. The minimum atomic E-state index is -0.868. The highest BCUT2D eigenvalue weighted by atomic mass is 16.3. The maximum atomic E-state index is 12.4. The Hall–Kier alpha value is -1.79. The highest BCUT2D eigenvalue weighted by Crippen LogP contribution is 2.68. The van der Waals surface area contributed by atoms with Crippen LogP contribution >= 0.6 is 0 Å². The summed E-state index contributed by atoms with van der Waals surface area (Å²) in [6.07, 6.45) is 9.95. The van der Waals surface area contributed by atoms with Crippen molar-refractivity contribution in [2.45, 2.75) is 84.2 Å². The molecule has 0 spiro atoms. The number of fused-ring (bicyclic) bond motifs is 5. The van der Waals surface area contributed by atoms with E-state index in [2.05, 4.69) is 54.9 Å². The van der Waals surface area contributed by atoms with Gasteiger partial charge in [-0.15, -0.1) is 0 Å². The van der Waals surface area contributed by atoms with Crippen molar-refractivity contribution in [3.63, 3.8) is 0 Å². The van der Waals surface area contributed by atoms with Crippen LogP contribution in [0.25, 0.3) is 0 Å². The largest absolute Gasteiger partial charge is 0.378 e. The number of aliphatic hydroxyl groups is 1. The molecule has 184 valence electrons. The number of Topliss-reactive ketones (excluding diaryl/α,β-unsaturated/α-hetero) is 1. The van der Waals surface area contributed by atoms with Crippen molar-refractivity contribution in [2.75, 3.05) is 19.0 Å². The van der Waals surface area contributed by atoms with Gasteiger partial charge in [-0.1, -0.05) is 25.7 Å². The number of hydrogen-bond donors (Lipinski definition) is 1. The number of anilines is 1. The van der Waals surface area contributed by atoms with Gasteiger partial charge in [0.25, 0.3) is 0 Å². The number of rotatable bonds is 2. The second kappa shape index (κ2) is 8.41. The quantitative estimate of drug-likeness (QED) is 0.542. The number of carbonyl (C=O) groups is 1. The van der Waals surface area contributed by atoms with Crippen molar-refractivity contribution in [2.24, 2.45) is 40.4 Å². The van der Waals surface area contributed by atoms with E-state index >= 15 is 0 Å². The van der Waals surface area contributed by atoms with Crippen LogP contribution in [-0.2, 0) is 4.79 Å². The molecule has 2 unspecified atom stereocenters. The zero-order valence-electron chi connectivity index (χ0n) is 21.9. The molecule has 1 N–H and O–H groups in total. The zero-order valence-corrected chi connectivity index (χ0v) is 21.9. The van der Waals surface area contributed by atoms with Crippen molar-refractivity contribution in [1.29, 1.82) is 0 Å². The summed E-state index contributed by atoms with van der Waals surface area (Å²) in [5.74, 6) is 10.0. The Labute approximate surface area is 206 Å². The summed E-state index contributed by atoms with van der Waals surface area (Å²) in [6.45, 7) is 6.78. The smallest absolute Gasteiger partial charge is 0.133 e. The Kier molecular flexibility index (Phi) is 5.92. The minimum Gasteiger partial charge on any atom is -0.378 e. The fourth-order valence-corrected chi connectivity index (χ4v) is 9.06. The Bertz CT molecular complexity index is 1000. The molecule has 3 heteroatoms. The van der Waals surface area contributed by atoms with E-state index in [4.69, 9.17) is 0 Å². The van der Waals surface area contributed by atoms with E-state index in [0.717, 1.165) is 48.8 Å². The van der Waals surface area contributed by atoms with Gasteiger partial charge in [0, 0.05) is 31.3 Å². The van der Waals surface area contributed by atoms with Crippen LogP contribution in [0.5, 0.6) is 0 Å². The maximum absolute atomic E-state index is 12.4. The van der Waals surface area contributed by atoms with Gasteiger partial charge < -0.3 is 10.0 Å². The molecule has 0 radical (unpaired) electrons. The van der Waals surface area contributed by atoms with E-state index in [-0.39, 0.29) is 11.3 Å². The van der Waals surface area contributed by atoms with Crippen LogP contribution in [-0.4, -0.2) is 30.6 Å². The molecule has 1 aromatic carbocycles. The van der Waals surface area contributed by atoms with Gasteiger partial charge in [0.1, 0.15) is 11.4 Å². The fourth-order valence-electron chi connectivity index (χ4n) is 9.06. The molecule has 1 aromatic rings. The highest BCUT2D eigenvalue weighted by Gasteiger charge is 2.61. The molecule has 8 atom stereocenters. The molecule has 0 bridgehead atoms. The molecular weight excluding hydrogens is 418 g/mol. The van der Waals surface area contributed by atoms with E-state index < -0.39 is 5.60 Å². The SMILES string of the molecule is CC(=O)[C@H]1CC[C@H]2[C@@H]3CCC4CC(O)(C#Cc5ccc(N(C)C)cc5)CC[C@]4(C)[C@H]3CC[C@]12C. The number of benzene rings is 1. The van der Waals surface area contributed by atoms with Crippen molar-refractivity contribution >= 4 is 11.5 Å². The molecule has 0 aliphatic heterocycles. The molecule has 0 saturated heterocycles. The van der Waals surface area contributed by atoms with E-state index in [1.54, 1.807) is 0 Å². The zero-order chi connectivity index (χ0) is 24.3. The van der Waals surface area contributed by atoms with Crippen LogP contribution in [0.15, 0.2) is 24.3 Å². The second-order valence-corrected chi connectivity index (χ2v) is 12.9. The Morgan fingerprint density at radius 1 is 0.941 bits per heavy atom. The third-order valence-electron chi connectivity index (χ3n) is 11.0. The molecule has 34 heavy (non-hydrogen) atoms. The Morgan fingerprint density at radius 2 is 1.65 bits per heavy atom. The summed E-state index contributed by atoms with van der Waals surface area (Å²) in [5.41, 5.74) is 1.80. The summed E-state index contributed by atoms with van der Waals surface area (Å²) < 4.78 is 0. The lowest BCUT2D eigenvalue weighted by Crippen LogP contribution is -2.56. The first-order valence-corrected chi connectivity index (χ1v) is 13.6.